The van der Waals surface area contributed by atoms with Crippen LogP contribution in [0.3, 0.4) is 0 Å². The topological polar surface area (TPSA) is 90.1 Å². The lowest BCUT2D eigenvalue weighted by Crippen LogP contribution is -2.14. The van der Waals surface area contributed by atoms with Crippen molar-refractivity contribution in [2.75, 3.05) is 23.9 Å². The van der Waals surface area contributed by atoms with Crippen molar-refractivity contribution in [3.63, 3.8) is 0 Å². The fourth-order valence-corrected chi connectivity index (χ4v) is 2.91. The lowest BCUT2D eigenvalue weighted by atomic mass is 10.2. The largest absolute Gasteiger partial charge is 0.494 e. The van der Waals surface area contributed by atoms with Crippen molar-refractivity contribution in [1.82, 2.24) is 9.36 Å². The molecule has 0 spiro atoms. The van der Waals surface area contributed by atoms with Gasteiger partial charge in [-0.3, -0.25) is 4.79 Å². The molecule has 2 rings (SSSR count). The molecule has 0 fully saturated rings. The van der Waals surface area contributed by atoms with E-state index in [0.717, 1.165) is 10.2 Å². The van der Waals surface area contributed by atoms with E-state index in [1.807, 2.05) is 6.92 Å². The first-order chi connectivity index (χ1) is 9.58. The molecule has 1 aromatic carbocycles. The number of nitrogens with zero attached hydrogens (tertiary/aromatic N) is 2. The molecule has 0 saturated carbocycles. The zero-order valence-corrected chi connectivity index (χ0v) is 12.7. The van der Waals surface area contributed by atoms with E-state index in [1.165, 1.54) is 30.4 Å². The van der Waals surface area contributed by atoms with Crippen LogP contribution >= 0.6 is 23.3 Å². The number of hydrogen-bond acceptors (Lipinski definition) is 7. The SMILES string of the molecule is COc1cc(N)ccc1NC(=O)CSc1nc(C)ns1. The van der Waals surface area contributed by atoms with Gasteiger partial charge in [0.25, 0.3) is 0 Å². The summed E-state index contributed by atoms with van der Waals surface area (Å²) in [5, 5.41) is 2.78. The van der Waals surface area contributed by atoms with Gasteiger partial charge in [-0.05, 0) is 30.6 Å². The summed E-state index contributed by atoms with van der Waals surface area (Å²) in [6, 6.07) is 5.09. The minimum atomic E-state index is -0.133. The molecule has 0 radical (unpaired) electrons. The molecule has 2 aromatic rings. The second kappa shape index (κ2) is 6.58. The maximum Gasteiger partial charge on any atom is 0.234 e. The standard InChI is InChI=1S/C12H14N4O2S2/c1-7-14-12(20-16-7)19-6-11(17)15-9-4-3-8(13)5-10(9)18-2/h3-5H,6,13H2,1-2H3,(H,15,17). The highest BCUT2D eigenvalue weighted by Gasteiger charge is 2.10. The van der Waals surface area contributed by atoms with Crippen LogP contribution in [-0.4, -0.2) is 28.1 Å². The van der Waals surface area contributed by atoms with Crippen molar-refractivity contribution >= 4 is 40.6 Å². The molecule has 0 unspecified atom stereocenters. The molecule has 0 atom stereocenters. The monoisotopic (exact) mass is 310 g/mol. The summed E-state index contributed by atoms with van der Waals surface area (Å²) in [7, 11) is 1.53. The Labute approximate surface area is 124 Å². The highest BCUT2D eigenvalue weighted by Crippen LogP contribution is 2.27. The third-order valence-electron chi connectivity index (χ3n) is 2.34. The van der Waals surface area contributed by atoms with E-state index >= 15 is 0 Å². The van der Waals surface area contributed by atoms with E-state index in [2.05, 4.69) is 14.7 Å². The highest BCUT2D eigenvalue weighted by atomic mass is 32.2. The van der Waals surface area contributed by atoms with Gasteiger partial charge >= 0.3 is 0 Å². The maximum absolute atomic E-state index is 11.9. The number of rotatable bonds is 5. The van der Waals surface area contributed by atoms with Crippen LogP contribution in [0.5, 0.6) is 5.75 Å². The van der Waals surface area contributed by atoms with Gasteiger partial charge in [0, 0.05) is 11.8 Å². The number of amides is 1. The molecule has 1 heterocycles. The third kappa shape index (κ3) is 3.84. The van der Waals surface area contributed by atoms with E-state index in [9.17, 15) is 4.79 Å². The Balaban J connectivity index is 1.94. The van der Waals surface area contributed by atoms with Gasteiger partial charge in [-0.1, -0.05) is 11.8 Å². The van der Waals surface area contributed by atoms with Crippen LogP contribution in [0.2, 0.25) is 0 Å². The van der Waals surface area contributed by atoms with Crippen LogP contribution in [-0.2, 0) is 4.79 Å². The number of nitrogens with one attached hydrogen (secondary N) is 1. The number of carbonyl (C=O) groups is 1. The van der Waals surface area contributed by atoms with Crippen LogP contribution in [0.1, 0.15) is 5.82 Å². The molecule has 1 amide bonds. The third-order valence-corrected chi connectivity index (χ3v) is 4.26. The Morgan fingerprint density at radius 1 is 1.55 bits per heavy atom. The fraction of sp³-hybridized carbons (Fsp3) is 0.250. The van der Waals surface area contributed by atoms with Crippen LogP contribution in [0, 0.1) is 6.92 Å². The Morgan fingerprint density at radius 2 is 2.35 bits per heavy atom. The molecule has 0 saturated heterocycles. The maximum atomic E-state index is 11.9. The van der Waals surface area contributed by atoms with Crippen LogP contribution in [0.25, 0.3) is 0 Å². The van der Waals surface area contributed by atoms with E-state index in [1.54, 1.807) is 18.2 Å². The van der Waals surface area contributed by atoms with Gasteiger partial charge in [0.05, 0.1) is 18.6 Å². The summed E-state index contributed by atoms with van der Waals surface area (Å²) in [6.07, 6.45) is 0. The first-order valence-electron chi connectivity index (χ1n) is 5.75. The first-order valence-corrected chi connectivity index (χ1v) is 7.51. The lowest BCUT2D eigenvalue weighted by Gasteiger charge is -2.10. The molecular weight excluding hydrogens is 296 g/mol. The fourth-order valence-electron chi connectivity index (χ4n) is 1.46. The zero-order chi connectivity index (χ0) is 14.5. The van der Waals surface area contributed by atoms with Crippen LogP contribution in [0.15, 0.2) is 22.5 Å². The second-order valence-corrected chi connectivity index (χ2v) is 5.88. The summed E-state index contributed by atoms with van der Waals surface area (Å²) in [5.41, 5.74) is 6.84. The van der Waals surface area contributed by atoms with Crippen LogP contribution < -0.4 is 15.8 Å². The van der Waals surface area contributed by atoms with Gasteiger partial charge in [0.15, 0.2) is 4.34 Å². The normalized spacial score (nSPS) is 10.3. The summed E-state index contributed by atoms with van der Waals surface area (Å²) in [5.74, 6) is 1.39. The van der Waals surface area contributed by atoms with Crippen molar-refractivity contribution in [2.45, 2.75) is 11.3 Å². The number of aryl methyl sites for hydroxylation is 1. The zero-order valence-electron chi connectivity index (χ0n) is 11.0. The minimum absolute atomic E-state index is 0.133. The van der Waals surface area contributed by atoms with E-state index in [4.69, 9.17) is 10.5 Å². The molecular formula is C12H14N4O2S2. The predicted octanol–water partition coefficient (Wildman–Crippen LogP) is 2.17. The molecule has 20 heavy (non-hydrogen) atoms. The van der Waals surface area contributed by atoms with Crippen molar-refractivity contribution in [2.24, 2.45) is 0 Å². The van der Waals surface area contributed by atoms with Crippen molar-refractivity contribution in [1.29, 1.82) is 0 Å². The van der Waals surface area contributed by atoms with Gasteiger partial charge in [-0.15, -0.1) is 0 Å². The second-order valence-electron chi connectivity index (χ2n) is 3.90. The lowest BCUT2D eigenvalue weighted by molar-refractivity contribution is -0.113. The smallest absolute Gasteiger partial charge is 0.234 e. The number of anilines is 2. The molecule has 0 aliphatic carbocycles. The molecule has 1 aromatic heterocycles. The number of hydrogen-bond donors (Lipinski definition) is 2. The number of methoxy groups -OCH3 is 1. The van der Waals surface area contributed by atoms with E-state index in [0.29, 0.717) is 17.1 Å². The van der Waals surface area contributed by atoms with Gasteiger partial charge in [-0.2, -0.15) is 4.37 Å². The molecule has 0 bridgehead atoms. The molecule has 6 nitrogen and oxygen atoms in total. The first kappa shape index (κ1) is 14.6. The van der Waals surface area contributed by atoms with Crippen molar-refractivity contribution in [3.05, 3.63) is 24.0 Å². The summed E-state index contributed by atoms with van der Waals surface area (Å²) in [4.78, 5) is 16.1. The molecule has 0 aliphatic heterocycles. The van der Waals surface area contributed by atoms with Gasteiger partial charge in [-0.25, -0.2) is 4.98 Å². The number of nitrogen functional groups attached to an aromatic ring is 1. The van der Waals surface area contributed by atoms with Gasteiger partial charge in [0.1, 0.15) is 11.6 Å². The number of thioether (sulfide) groups is 1. The van der Waals surface area contributed by atoms with Crippen molar-refractivity contribution < 1.29 is 9.53 Å². The van der Waals surface area contributed by atoms with E-state index < -0.39 is 0 Å². The van der Waals surface area contributed by atoms with E-state index in [-0.39, 0.29) is 11.7 Å². The Hall–Kier alpha value is -1.80. The Morgan fingerprint density at radius 3 is 3.00 bits per heavy atom. The average Bonchev–Trinajstić information content (AvgIpc) is 2.84. The summed E-state index contributed by atoms with van der Waals surface area (Å²) >= 11 is 2.64. The van der Waals surface area contributed by atoms with Gasteiger partial charge < -0.3 is 15.8 Å². The number of ether oxygens (including phenoxy) is 1. The number of aromatic nitrogens is 2. The number of benzene rings is 1. The minimum Gasteiger partial charge on any atom is -0.494 e. The molecule has 3 N–H and O–H groups in total. The molecule has 8 heteroatoms. The average molecular weight is 310 g/mol. The summed E-state index contributed by atoms with van der Waals surface area (Å²) < 4.78 is 10.0. The van der Waals surface area contributed by atoms with Crippen molar-refractivity contribution in [3.8, 4) is 5.75 Å². The highest BCUT2D eigenvalue weighted by molar-refractivity contribution is 8.01. The van der Waals surface area contributed by atoms with Gasteiger partial charge in [0.2, 0.25) is 5.91 Å². The Kier molecular flexibility index (Phi) is 4.80. The predicted molar refractivity (Wildman–Crippen MR) is 81.4 cm³/mol. The molecule has 0 aliphatic rings. The summed E-state index contributed by atoms with van der Waals surface area (Å²) in [6.45, 7) is 1.82. The number of nitrogens with two attached hydrogens (primary N) is 1. The van der Waals surface area contributed by atoms with Crippen LogP contribution in [0.4, 0.5) is 11.4 Å². The quantitative estimate of drug-likeness (QED) is 0.650. The molecule has 106 valence electrons. The number of carbonyl (C=O) groups excluding carboxylic acids is 1. The Bertz CT molecular complexity index is 615.